The van der Waals surface area contributed by atoms with E-state index in [2.05, 4.69) is 5.10 Å². The Bertz CT molecular complexity index is 1310. The van der Waals surface area contributed by atoms with Gasteiger partial charge in [0.25, 0.3) is 5.91 Å². The van der Waals surface area contributed by atoms with Gasteiger partial charge in [-0.1, -0.05) is 18.2 Å². The van der Waals surface area contributed by atoms with Crippen molar-refractivity contribution in [1.82, 2.24) is 19.5 Å². The number of aromatic nitrogens is 3. The Morgan fingerprint density at radius 2 is 1.69 bits per heavy atom. The fraction of sp³-hybridized carbons (Fsp3) is 0.174. The summed E-state index contributed by atoms with van der Waals surface area (Å²) >= 11 is 0. The summed E-state index contributed by atoms with van der Waals surface area (Å²) in [6.45, 7) is 0.753. The number of nitrogens with zero attached hydrogens (tertiary/aromatic N) is 3. The first kappa shape index (κ1) is 19.7. The van der Waals surface area contributed by atoms with Gasteiger partial charge in [0.15, 0.2) is 11.3 Å². The van der Waals surface area contributed by atoms with Crippen molar-refractivity contribution in [2.24, 2.45) is 5.73 Å². The van der Waals surface area contributed by atoms with Gasteiger partial charge >= 0.3 is 6.09 Å². The summed E-state index contributed by atoms with van der Waals surface area (Å²) in [6.07, 6.45) is 0.0860. The molecule has 0 fully saturated rings. The van der Waals surface area contributed by atoms with Crippen LogP contribution in [0, 0.1) is 0 Å². The maximum Gasteiger partial charge on any atom is 0.407 e. The third kappa shape index (κ3) is 3.43. The molecule has 2 aromatic heterocycles. The monoisotopic (exact) mass is 431 g/mol. The molecular formula is C23H21N5O4. The van der Waals surface area contributed by atoms with Gasteiger partial charge in [-0.2, -0.15) is 0 Å². The molecule has 0 spiro atoms. The Morgan fingerprint density at radius 3 is 2.38 bits per heavy atom. The molecule has 0 saturated carbocycles. The molecule has 9 nitrogen and oxygen atoms in total. The van der Waals surface area contributed by atoms with E-state index in [0.29, 0.717) is 43.0 Å². The lowest BCUT2D eigenvalue weighted by Crippen LogP contribution is -2.31. The van der Waals surface area contributed by atoms with Crippen LogP contribution in [0.25, 0.3) is 16.9 Å². The van der Waals surface area contributed by atoms with Crippen LogP contribution in [-0.4, -0.2) is 49.7 Å². The summed E-state index contributed by atoms with van der Waals surface area (Å²) in [4.78, 5) is 29.8. The second-order valence-electron chi connectivity index (χ2n) is 7.61. The number of hydrogen-bond acceptors (Lipinski definition) is 4. The average molecular weight is 431 g/mol. The Morgan fingerprint density at radius 1 is 1.00 bits per heavy atom. The van der Waals surface area contributed by atoms with Crippen molar-refractivity contribution >= 4 is 17.6 Å². The molecule has 2 amide bonds. The van der Waals surface area contributed by atoms with Crippen molar-refractivity contribution in [2.45, 2.75) is 12.8 Å². The molecule has 9 heteroatoms. The molecule has 1 aliphatic rings. The molecule has 4 N–H and O–H groups in total. The molecule has 32 heavy (non-hydrogen) atoms. The van der Waals surface area contributed by atoms with Crippen LogP contribution in [0.15, 0.2) is 54.6 Å². The molecule has 5 rings (SSSR count). The molecule has 4 aromatic rings. The Hall–Kier alpha value is -4.27. The van der Waals surface area contributed by atoms with E-state index >= 15 is 0 Å². The number of fused-ring (bicyclic) bond motifs is 3. The van der Waals surface area contributed by atoms with Gasteiger partial charge in [-0.05, 0) is 42.8 Å². The summed E-state index contributed by atoms with van der Waals surface area (Å²) in [5.41, 5.74) is 9.55. The van der Waals surface area contributed by atoms with Gasteiger partial charge in [0.2, 0.25) is 0 Å². The normalized spacial score (nSPS) is 13.6. The zero-order chi connectivity index (χ0) is 22.2. The van der Waals surface area contributed by atoms with Crippen LogP contribution < -0.4 is 10.5 Å². The number of aromatic amines is 1. The van der Waals surface area contributed by atoms with Gasteiger partial charge in [0.1, 0.15) is 17.2 Å². The van der Waals surface area contributed by atoms with Crippen molar-refractivity contribution in [1.29, 1.82) is 0 Å². The molecule has 0 saturated heterocycles. The molecule has 3 heterocycles. The van der Waals surface area contributed by atoms with Gasteiger partial charge in [-0.15, -0.1) is 0 Å². The number of carbonyl (C=O) groups is 2. The standard InChI is InChI=1S/C23H21N5O4/c24-21(29)20-19(14-6-8-16(9-7-14)32-15-4-2-1-3-5-15)25-22-17-10-12-27(23(30)31)13-11-18(17)26-28(20)22/h1-9,26H,10-13H2,(H2,24,29)(H,30,31). The van der Waals surface area contributed by atoms with Crippen LogP contribution in [0.3, 0.4) is 0 Å². The van der Waals surface area contributed by atoms with E-state index in [1.54, 1.807) is 4.52 Å². The van der Waals surface area contributed by atoms with Crippen molar-refractivity contribution in [3.8, 4) is 22.8 Å². The highest BCUT2D eigenvalue weighted by atomic mass is 16.5. The highest BCUT2D eigenvalue weighted by Crippen LogP contribution is 2.30. The second kappa shape index (κ2) is 7.77. The fourth-order valence-corrected chi connectivity index (χ4v) is 4.07. The quantitative estimate of drug-likeness (QED) is 0.457. The first-order chi connectivity index (χ1) is 15.5. The summed E-state index contributed by atoms with van der Waals surface area (Å²) in [5.74, 6) is 0.792. The van der Waals surface area contributed by atoms with Crippen LogP contribution in [0.2, 0.25) is 0 Å². The fourth-order valence-electron chi connectivity index (χ4n) is 4.07. The first-order valence-corrected chi connectivity index (χ1v) is 10.2. The van der Waals surface area contributed by atoms with Crippen LogP contribution >= 0.6 is 0 Å². The number of carbonyl (C=O) groups excluding carboxylic acids is 1. The highest BCUT2D eigenvalue weighted by Gasteiger charge is 2.27. The third-order valence-corrected chi connectivity index (χ3v) is 5.63. The molecule has 0 aliphatic carbocycles. The Labute approximate surface area is 183 Å². The number of ether oxygens (including phenoxy) is 1. The first-order valence-electron chi connectivity index (χ1n) is 10.2. The van der Waals surface area contributed by atoms with Crippen LogP contribution in [0.4, 0.5) is 4.79 Å². The summed E-state index contributed by atoms with van der Waals surface area (Å²) in [5, 5.41) is 12.5. The smallest absolute Gasteiger partial charge is 0.407 e. The van der Waals surface area contributed by atoms with Crippen molar-refractivity contribution in [3.63, 3.8) is 0 Å². The number of rotatable bonds is 4. The molecule has 0 atom stereocenters. The predicted octanol–water partition coefficient (Wildman–Crippen LogP) is 3.30. The molecule has 162 valence electrons. The molecule has 0 unspecified atom stereocenters. The summed E-state index contributed by atoms with van der Waals surface area (Å²) in [6, 6.07) is 16.7. The van der Waals surface area contributed by atoms with Crippen LogP contribution in [0.5, 0.6) is 11.5 Å². The topological polar surface area (TPSA) is 126 Å². The minimum atomic E-state index is -0.939. The minimum absolute atomic E-state index is 0.264. The zero-order valence-corrected chi connectivity index (χ0v) is 17.1. The summed E-state index contributed by atoms with van der Waals surface area (Å²) in [7, 11) is 0. The van der Waals surface area contributed by atoms with E-state index in [1.165, 1.54) is 4.90 Å². The lowest BCUT2D eigenvalue weighted by Gasteiger charge is -2.15. The average Bonchev–Trinajstić information content (AvgIpc) is 3.23. The maximum absolute atomic E-state index is 12.3. The molecule has 2 aromatic carbocycles. The van der Waals surface area contributed by atoms with Crippen LogP contribution in [0.1, 0.15) is 21.7 Å². The van der Waals surface area contributed by atoms with E-state index in [4.69, 9.17) is 15.5 Å². The van der Waals surface area contributed by atoms with E-state index in [1.807, 2.05) is 54.6 Å². The third-order valence-electron chi connectivity index (χ3n) is 5.63. The molecule has 1 aliphatic heterocycles. The van der Waals surface area contributed by atoms with Gasteiger partial charge in [0.05, 0.1) is 0 Å². The van der Waals surface area contributed by atoms with E-state index in [-0.39, 0.29) is 5.69 Å². The number of carboxylic acid groups (broad SMARTS) is 1. The van der Waals surface area contributed by atoms with E-state index in [0.717, 1.165) is 22.6 Å². The van der Waals surface area contributed by atoms with Crippen molar-refractivity contribution < 1.29 is 19.4 Å². The zero-order valence-electron chi connectivity index (χ0n) is 17.1. The number of benzene rings is 2. The molecular weight excluding hydrogens is 410 g/mol. The van der Waals surface area contributed by atoms with Crippen molar-refractivity contribution in [2.75, 3.05) is 13.1 Å². The largest absolute Gasteiger partial charge is 0.465 e. The van der Waals surface area contributed by atoms with E-state index in [9.17, 15) is 14.7 Å². The number of H-pyrrole nitrogens is 1. The number of hydrogen-bond donors (Lipinski definition) is 3. The highest BCUT2D eigenvalue weighted by molar-refractivity contribution is 5.98. The number of imidazole rings is 1. The van der Waals surface area contributed by atoms with Crippen LogP contribution in [-0.2, 0) is 12.8 Å². The lowest BCUT2D eigenvalue weighted by atomic mass is 10.1. The van der Waals surface area contributed by atoms with Gasteiger partial charge in [-0.25, -0.2) is 14.3 Å². The van der Waals surface area contributed by atoms with Crippen molar-refractivity contribution in [3.05, 3.63) is 71.5 Å². The molecule has 0 radical (unpaired) electrons. The van der Waals surface area contributed by atoms with E-state index < -0.39 is 12.0 Å². The Kier molecular flexibility index (Phi) is 4.78. The van der Waals surface area contributed by atoms with Gasteiger partial charge < -0.3 is 20.5 Å². The number of primary amides is 1. The SMILES string of the molecule is NC(=O)c1c(-c2ccc(Oc3ccccc3)cc2)nc2c3c([nH]n12)CCN(C(=O)O)CC3. The lowest BCUT2D eigenvalue weighted by molar-refractivity contribution is 0.0994. The number of para-hydroxylation sites is 1. The maximum atomic E-state index is 12.3. The van der Waals surface area contributed by atoms with Gasteiger partial charge in [0, 0.05) is 36.3 Å². The summed E-state index contributed by atoms with van der Waals surface area (Å²) < 4.78 is 7.45. The van der Waals surface area contributed by atoms with Gasteiger partial charge in [-0.3, -0.25) is 9.89 Å². The molecule has 0 bridgehead atoms. The predicted molar refractivity (Wildman–Crippen MR) is 117 cm³/mol. The number of nitrogens with one attached hydrogen (secondary N) is 1. The second-order valence-corrected chi connectivity index (χ2v) is 7.61. The number of nitrogens with two attached hydrogens (primary N) is 1. The number of amides is 2. The minimum Gasteiger partial charge on any atom is -0.465 e. The Balaban J connectivity index is 1.50.